The van der Waals surface area contributed by atoms with E-state index >= 15 is 0 Å². The molecule has 0 N–H and O–H groups in total. The molecule has 0 aromatic carbocycles. The molecular weight excluding hydrogens is 426 g/mol. The van der Waals surface area contributed by atoms with Crippen LogP contribution in [0.4, 0.5) is 11.8 Å². The minimum atomic E-state index is 0.0665. The van der Waals surface area contributed by atoms with Crippen LogP contribution in [0.5, 0.6) is 0 Å². The molecule has 3 aromatic heterocycles. The van der Waals surface area contributed by atoms with E-state index in [1.165, 1.54) is 11.3 Å². The van der Waals surface area contributed by atoms with E-state index in [4.69, 9.17) is 24.4 Å². The number of hydrogen-bond acceptors (Lipinski definition) is 9. The van der Waals surface area contributed by atoms with E-state index in [1.54, 1.807) is 6.92 Å². The van der Waals surface area contributed by atoms with Gasteiger partial charge in [0.2, 0.25) is 5.95 Å². The van der Waals surface area contributed by atoms with Crippen molar-refractivity contribution in [1.82, 2.24) is 15.0 Å². The van der Waals surface area contributed by atoms with Gasteiger partial charge in [-0.15, -0.1) is 11.3 Å². The molecule has 8 nitrogen and oxygen atoms in total. The number of hydrogen-bond donors (Lipinski definition) is 0. The number of carbonyl (C=O) groups is 1. The number of aromatic nitrogens is 3. The number of thiophene rings is 1. The molecule has 2 unspecified atom stereocenters. The fourth-order valence-electron chi connectivity index (χ4n) is 4.28. The maximum absolute atomic E-state index is 11.7. The first kappa shape index (κ1) is 21.2. The molecule has 0 bridgehead atoms. The first-order valence-corrected chi connectivity index (χ1v) is 11.8. The Kier molecular flexibility index (Phi) is 5.79. The molecule has 3 aromatic rings. The van der Waals surface area contributed by atoms with Crippen LogP contribution in [-0.2, 0) is 9.47 Å². The predicted molar refractivity (Wildman–Crippen MR) is 126 cm³/mol. The Labute approximate surface area is 191 Å². The zero-order valence-electron chi connectivity index (χ0n) is 18.6. The Bertz CT molecular complexity index is 1130. The van der Waals surface area contributed by atoms with Crippen molar-refractivity contribution in [3.8, 4) is 10.6 Å². The fraction of sp³-hybridized carbons (Fsp3) is 0.478. The molecule has 32 heavy (non-hydrogen) atoms. The van der Waals surface area contributed by atoms with Gasteiger partial charge in [-0.05, 0) is 45.0 Å². The van der Waals surface area contributed by atoms with E-state index in [0.29, 0.717) is 24.8 Å². The number of carbonyl (C=O) groups excluding carboxylic acids is 1. The number of pyridine rings is 1. The number of morpholine rings is 2. The van der Waals surface area contributed by atoms with E-state index in [1.807, 2.05) is 24.3 Å². The zero-order valence-corrected chi connectivity index (χ0v) is 19.4. The summed E-state index contributed by atoms with van der Waals surface area (Å²) >= 11 is 1.46. The quantitative estimate of drug-likeness (QED) is 0.556. The van der Waals surface area contributed by atoms with Crippen LogP contribution < -0.4 is 9.80 Å². The van der Waals surface area contributed by atoms with Crippen molar-refractivity contribution in [3.05, 3.63) is 29.1 Å². The lowest BCUT2D eigenvalue weighted by Gasteiger charge is -2.36. The molecule has 2 aliphatic heterocycles. The van der Waals surface area contributed by atoms with Crippen LogP contribution in [0.3, 0.4) is 0 Å². The molecule has 2 aliphatic rings. The van der Waals surface area contributed by atoms with E-state index in [9.17, 15) is 4.79 Å². The molecule has 0 aliphatic carbocycles. The summed E-state index contributed by atoms with van der Waals surface area (Å²) in [6, 6.07) is 7.84. The van der Waals surface area contributed by atoms with Crippen LogP contribution in [0.25, 0.3) is 21.6 Å². The predicted octanol–water partition coefficient (Wildman–Crippen LogP) is 3.41. The van der Waals surface area contributed by atoms with Crippen molar-refractivity contribution >= 4 is 39.9 Å². The summed E-state index contributed by atoms with van der Waals surface area (Å²) in [5.74, 6) is 1.65. The van der Waals surface area contributed by atoms with Crippen molar-refractivity contribution in [1.29, 1.82) is 0 Å². The summed E-state index contributed by atoms with van der Waals surface area (Å²) in [5, 5.41) is 0.928. The van der Waals surface area contributed by atoms with Gasteiger partial charge >= 0.3 is 0 Å². The van der Waals surface area contributed by atoms with Crippen molar-refractivity contribution in [2.24, 2.45) is 0 Å². The molecule has 2 atom stereocenters. The Balaban J connectivity index is 1.60. The fourth-order valence-corrected chi connectivity index (χ4v) is 5.15. The number of ketones is 1. The largest absolute Gasteiger partial charge is 0.378 e. The smallest absolute Gasteiger partial charge is 0.229 e. The SMILES string of the molecule is CC(=O)c1ccc(-c2ccc3c(N4CCOCC4)nc(N4CC(C)OC(C)C4)nc3n2)s1. The number of nitrogens with zero attached hydrogens (tertiary/aromatic N) is 5. The first-order chi connectivity index (χ1) is 15.5. The third-order valence-electron chi connectivity index (χ3n) is 5.75. The molecule has 0 spiro atoms. The number of fused-ring (bicyclic) bond motifs is 1. The van der Waals surface area contributed by atoms with Gasteiger partial charge in [0.1, 0.15) is 5.82 Å². The van der Waals surface area contributed by atoms with Crippen LogP contribution in [0.15, 0.2) is 24.3 Å². The average Bonchev–Trinajstić information content (AvgIpc) is 3.29. The molecule has 0 amide bonds. The van der Waals surface area contributed by atoms with Crippen molar-refractivity contribution < 1.29 is 14.3 Å². The normalized spacial score (nSPS) is 21.8. The van der Waals surface area contributed by atoms with Gasteiger partial charge in [-0.3, -0.25) is 4.79 Å². The highest BCUT2D eigenvalue weighted by Crippen LogP contribution is 2.32. The van der Waals surface area contributed by atoms with Gasteiger partial charge in [-0.25, -0.2) is 4.98 Å². The minimum absolute atomic E-state index is 0.0665. The molecule has 168 valence electrons. The third-order valence-corrected chi connectivity index (χ3v) is 6.95. The second-order valence-corrected chi connectivity index (χ2v) is 9.48. The summed E-state index contributed by atoms with van der Waals surface area (Å²) in [7, 11) is 0. The summed E-state index contributed by atoms with van der Waals surface area (Å²) < 4.78 is 11.5. The third kappa shape index (κ3) is 4.20. The van der Waals surface area contributed by atoms with Crippen molar-refractivity contribution in [3.63, 3.8) is 0 Å². The Morgan fingerprint density at radius 3 is 2.44 bits per heavy atom. The second kappa shape index (κ2) is 8.73. The molecule has 2 saturated heterocycles. The van der Waals surface area contributed by atoms with Crippen LogP contribution >= 0.6 is 11.3 Å². The summed E-state index contributed by atoms with van der Waals surface area (Å²) in [6.45, 7) is 10.2. The Hall–Kier alpha value is -2.62. The summed E-state index contributed by atoms with van der Waals surface area (Å²) in [6.07, 6.45) is 0.223. The van der Waals surface area contributed by atoms with Crippen LogP contribution in [0.1, 0.15) is 30.4 Å². The molecule has 5 rings (SSSR count). The topological polar surface area (TPSA) is 80.7 Å². The molecule has 2 fully saturated rings. The van der Waals surface area contributed by atoms with Gasteiger partial charge in [0.05, 0.1) is 46.3 Å². The van der Waals surface area contributed by atoms with E-state index in [-0.39, 0.29) is 18.0 Å². The highest BCUT2D eigenvalue weighted by molar-refractivity contribution is 7.17. The van der Waals surface area contributed by atoms with Gasteiger partial charge in [0, 0.05) is 26.2 Å². The van der Waals surface area contributed by atoms with Crippen molar-refractivity contribution in [2.45, 2.75) is 33.0 Å². The van der Waals surface area contributed by atoms with Gasteiger partial charge in [-0.2, -0.15) is 9.97 Å². The Morgan fingerprint density at radius 1 is 1.00 bits per heavy atom. The monoisotopic (exact) mass is 453 g/mol. The minimum Gasteiger partial charge on any atom is -0.378 e. The molecule has 5 heterocycles. The van der Waals surface area contributed by atoms with Crippen LogP contribution in [0, 0.1) is 0 Å². The standard InChI is InChI=1S/C23H27N5O3S/c1-14-12-28(13-15(2)31-14)23-25-21-17(22(26-23)27-8-10-30-11-9-27)4-5-18(24-21)20-7-6-19(32-20)16(3)29/h4-7,14-15H,8-13H2,1-3H3. The lowest BCUT2D eigenvalue weighted by molar-refractivity contribution is -0.00570. The number of anilines is 2. The average molecular weight is 454 g/mol. The van der Waals surface area contributed by atoms with Gasteiger partial charge < -0.3 is 19.3 Å². The molecule has 9 heteroatoms. The van der Waals surface area contributed by atoms with E-state index < -0.39 is 0 Å². The molecule has 0 saturated carbocycles. The summed E-state index contributed by atoms with van der Waals surface area (Å²) in [4.78, 5) is 32.6. The second-order valence-electron chi connectivity index (χ2n) is 8.40. The van der Waals surface area contributed by atoms with Crippen LogP contribution in [0.2, 0.25) is 0 Å². The van der Waals surface area contributed by atoms with E-state index in [0.717, 1.165) is 52.8 Å². The number of rotatable bonds is 4. The van der Waals surface area contributed by atoms with Gasteiger partial charge in [0.25, 0.3) is 0 Å². The zero-order chi connectivity index (χ0) is 22.2. The molecule has 0 radical (unpaired) electrons. The first-order valence-electron chi connectivity index (χ1n) is 11.0. The lowest BCUT2D eigenvalue weighted by atomic mass is 10.2. The highest BCUT2D eigenvalue weighted by atomic mass is 32.1. The highest BCUT2D eigenvalue weighted by Gasteiger charge is 2.26. The number of Topliss-reactive ketones (excluding diaryl/α,β-unsaturated/α-hetero) is 1. The van der Waals surface area contributed by atoms with Gasteiger partial charge in [0.15, 0.2) is 11.4 Å². The Morgan fingerprint density at radius 2 is 1.75 bits per heavy atom. The lowest BCUT2D eigenvalue weighted by Crippen LogP contribution is -2.46. The van der Waals surface area contributed by atoms with Crippen LogP contribution in [-0.4, -0.2) is 72.3 Å². The maximum Gasteiger partial charge on any atom is 0.229 e. The molecular formula is C23H27N5O3S. The van der Waals surface area contributed by atoms with Gasteiger partial charge in [-0.1, -0.05) is 0 Å². The summed E-state index contributed by atoms with van der Waals surface area (Å²) in [5.41, 5.74) is 1.48. The maximum atomic E-state index is 11.7. The number of ether oxygens (including phenoxy) is 2. The van der Waals surface area contributed by atoms with E-state index in [2.05, 4.69) is 23.6 Å². The van der Waals surface area contributed by atoms with Crippen molar-refractivity contribution in [2.75, 3.05) is 49.2 Å².